The molecule has 144 valence electrons. The molecule has 0 fully saturated rings. The number of carbonyl (C=O) groups is 1. The van der Waals surface area contributed by atoms with Crippen molar-refractivity contribution in [2.75, 3.05) is 22.6 Å². The van der Waals surface area contributed by atoms with Gasteiger partial charge in [0.25, 0.3) is 5.91 Å². The predicted octanol–water partition coefficient (Wildman–Crippen LogP) is 3.42. The monoisotopic (exact) mass is 380 g/mol. The summed E-state index contributed by atoms with van der Waals surface area (Å²) in [6, 6.07) is 13.6. The number of rotatable bonds is 6. The number of benzene rings is 2. The zero-order valence-electron chi connectivity index (χ0n) is 15.6. The highest BCUT2D eigenvalue weighted by Crippen LogP contribution is 2.31. The summed E-state index contributed by atoms with van der Waals surface area (Å²) >= 11 is 0. The molecule has 0 atom stereocenters. The number of nitrogen functional groups attached to an aromatic ring is 1. The average Bonchev–Trinajstić information content (AvgIpc) is 2.69. The van der Waals surface area contributed by atoms with E-state index in [1.807, 2.05) is 43.0 Å². The van der Waals surface area contributed by atoms with Gasteiger partial charge >= 0.3 is 0 Å². The Hall–Kier alpha value is -3.68. The molecule has 28 heavy (non-hydrogen) atoms. The van der Waals surface area contributed by atoms with E-state index in [0.29, 0.717) is 12.4 Å². The molecule has 1 amide bonds. The third-order valence-electron chi connectivity index (χ3n) is 4.16. The first-order valence-corrected chi connectivity index (χ1v) is 8.76. The number of hydrazine groups is 1. The summed E-state index contributed by atoms with van der Waals surface area (Å²) in [5.41, 5.74) is 13.5. The fourth-order valence-corrected chi connectivity index (χ4v) is 2.78. The smallest absolute Gasteiger partial charge is 0.272 e. The van der Waals surface area contributed by atoms with E-state index in [0.717, 1.165) is 11.3 Å². The molecule has 0 aliphatic rings. The van der Waals surface area contributed by atoms with Gasteiger partial charge in [0.05, 0.1) is 5.56 Å². The van der Waals surface area contributed by atoms with Crippen LogP contribution in [0, 0.1) is 12.7 Å². The summed E-state index contributed by atoms with van der Waals surface area (Å²) in [7, 11) is 0. The van der Waals surface area contributed by atoms with Crippen molar-refractivity contribution in [3.05, 3.63) is 71.8 Å². The Kier molecular flexibility index (Phi) is 5.69. The number of aromatic nitrogens is 2. The third kappa shape index (κ3) is 4.01. The summed E-state index contributed by atoms with van der Waals surface area (Å²) in [6.45, 7) is 4.62. The van der Waals surface area contributed by atoms with Gasteiger partial charge in [-0.2, -0.15) is 0 Å². The lowest BCUT2D eigenvalue weighted by molar-refractivity contribution is 0.0958. The van der Waals surface area contributed by atoms with Crippen LogP contribution in [0.3, 0.4) is 0 Å². The van der Waals surface area contributed by atoms with Crippen LogP contribution in [0.4, 0.5) is 27.4 Å². The Morgan fingerprint density at radius 2 is 1.96 bits per heavy atom. The van der Waals surface area contributed by atoms with Crippen molar-refractivity contribution < 1.29 is 9.18 Å². The first-order valence-electron chi connectivity index (χ1n) is 8.76. The quantitative estimate of drug-likeness (QED) is 0.567. The SMILES string of the molecule is CCN(c1cccc(C)c1)c1ncnc(NNC(=O)c2ccccc2F)c1N. The van der Waals surface area contributed by atoms with Crippen LogP contribution in [-0.2, 0) is 0 Å². The highest BCUT2D eigenvalue weighted by atomic mass is 19.1. The molecular weight excluding hydrogens is 359 g/mol. The second-order valence-corrected chi connectivity index (χ2v) is 6.10. The first kappa shape index (κ1) is 19.1. The number of hydrogen-bond donors (Lipinski definition) is 3. The molecule has 0 saturated heterocycles. The molecule has 3 aromatic rings. The Morgan fingerprint density at radius 1 is 1.18 bits per heavy atom. The maximum Gasteiger partial charge on any atom is 0.272 e. The average molecular weight is 380 g/mol. The lowest BCUT2D eigenvalue weighted by Gasteiger charge is -2.24. The zero-order valence-corrected chi connectivity index (χ0v) is 15.6. The maximum absolute atomic E-state index is 13.7. The van der Waals surface area contributed by atoms with Gasteiger partial charge < -0.3 is 10.6 Å². The minimum absolute atomic E-state index is 0.0854. The summed E-state index contributed by atoms with van der Waals surface area (Å²) in [4.78, 5) is 22.5. The molecular formula is C20H21FN6O. The van der Waals surface area contributed by atoms with Crippen molar-refractivity contribution in [3.8, 4) is 0 Å². The van der Waals surface area contributed by atoms with Crippen LogP contribution >= 0.6 is 0 Å². The number of nitrogens with one attached hydrogen (secondary N) is 2. The van der Waals surface area contributed by atoms with E-state index < -0.39 is 11.7 Å². The van der Waals surface area contributed by atoms with Gasteiger partial charge in [-0.1, -0.05) is 24.3 Å². The summed E-state index contributed by atoms with van der Waals surface area (Å²) in [5.74, 6) is -0.523. The standard InChI is InChI=1S/C20H21FN6O/c1-3-27(14-8-6-7-13(2)11-14)19-17(22)18(23-12-24-19)25-26-20(28)15-9-4-5-10-16(15)21/h4-12H,3,22H2,1-2H3,(H,26,28)(H,23,24,25). The normalized spacial score (nSPS) is 10.4. The van der Waals surface area contributed by atoms with Gasteiger partial charge in [0.2, 0.25) is 0 Å². The molecule has 7 nitrogen and oxygen atoms in total. The predicted molar refractivity (Wildman–Crippen MR) is 108 cm³/mol. The second-order valence-electron chi connectivity index (χ2n) is 6.10. The summed E-state index contributed by atoms with van der Waals surface area (Å²) in [5, 5.41) is 0. The van der Waals surface area contributed by atoms with Crippen molar-refractivity contribution in [1.29, 1.82) is 0 Å². The minimum atomic E-state index is -0.635. The van der Waals surface area contributed by atoms with Gasteiger partial charge in [0.15, 0.2) is 11.6 Å². The van der Waals surface area contributed by atoms with Crippen LogP contribution in [0.25, 0.3) is 0 Å². The fourth-order valence-electron chi connectivity index (χ4n) is 2.78. The van der Waals surface area contributed by atoms with E-state index in [9.17, 15) is 9.18 Å². The van der Waals surface area contributed by atoms with Gasteiger partial charge in [-0.15, -0.1) is 0 Å². The second kappa shape index (κ2) is 8.34. The Morgan fingerprint density at radius 3 is 2.68 bits per heavy atom. The number of hydrogen-bond acceptors (Lipinski definition) is 6. The van der Waals surface area contributed by atoms with Crippen molar-refractivity contribution >= 4 is 28.9 Å². The van der Waals surface area contributed by atoms with E-state index in [1.54, 1.807) is 6.07 Å². The van der Waals surface area contributed by atoms with Crippen LogP contribution in [0.2, 0.25) is 0 Å². The van der Waals surface area contributed by atoms with Gasteiger partial charge in [-0.3, -0.25) is 15.6 Å². The van der Waals surface area contributed by atoms with Crippen molar-refractivity contribution in [2.45, 2.75) is 13.8 Å². The number of carbonyl (C=O) groups excluding carboxylic acids is 1. The van der Waals surface area contributed by atoms with E-state index >= 15 is 0 Å². The molecule has 0 bridgehead atoms. The molecule has 1 aromatic heterocycles. The molecule has 0 unspecified atom stereocenters. The largest absolute Gasteiger partial charge is 0.393 e. The van der Waals surface area contributed by atoms with Gasteiger partial charge in [-0.25, -0.2) is 14.4 Å². The minimum Gasteiger partial charge on any atom is -0.393 e. The van der Waals surface area contributed by atoms with Gasteiger partial charge in [0.1, 0.15) is 17.8 Å². The third-order valence-corrected chi connectivity index (χ3v) is 4.16. The lowest BCUT2D eigenvalue weighted by atomic mass is 10.2. The molecule has 1 heterocycles. The fraction of sp³-hybridized carbons (Fsp3) is 0.150. The van der Waals surface area contributed by atoms with E-state index in [-0.39, 0.29) is 17.1 Å². The maximum atomic E-state index is 13.7. The molecule has 0 aliphatic heterocycles. The molecule has 3 rings (SSSR count). The molecule has 2 aromatic carbocycles. The van der Waals surface area contributed by atoms with Crippen LogP contribution in [0.5, 0.6) is 0 Å². The molecule has 0 aliphatic carbocycles. The van der Waals surface area contributed by atoms with E-state index in [4.69, 9.17) is 5.73 Å². The topological polar surface area (TPSA) is 96.2 Å². The van der Waals surface area contributed by atoms with Crippen LogP contribution in [0.15, 0.2) is 54.9 Å². The van der Waals surface area contributed by atoms with Crippen LogP contribution in [-0.4, -0.2) is 22.4 Å². The van der Waals surface area contributed by atoms with Crippen molar-refractivity contribution in [3.63, 3.8) is 0 Å². The van der Waals surface area contributed by atoms with E-state index in [2.05, 4.69) is 20.8 Å². The summed E-state index contributed by atoms with van der Waals surface area (Å²) < 4.78 is 13.7. The zero-order chi connectivity index (χ0) is 20.1. The highest BCUT2D eigenvalue weighted by molar-refractivity contribution is 5.95. The van der Waals surface area contributed by atoms with Crippen molar-refractivity contribution in [2.24, 2.45) is 0 Å². The number of halogens is 1. The Bertz CT molecular complexity index is 994. The molecule has 0 spiro atoms. The van der Waals surface area contributed by atoms with Crippen LogP contribution in [0.1, 0.15) is 22.8 Å². The van der Waals surface area contributed by atoms with Gasteiger partial charge in [0, 0.05) is 12.2 Å². The van der Waals surface area contributed by atoms with E-state index in [1.165, 1.54) is 24.5 Å². The van der Waals surface area contributed by atoms with Gasteiger partial charge in [-0.05, 0) is 43.7 Å². The number of anilines is 4. The lowest BCUT2D eigenvalue weighted by Crippen LogP contribution is -2.31. The first-order chi connectivity index (χ1) is 13.5. The summed E-state index contributed by atoms with van der Waals surface area (Å²) in [6.07, 6.45) is 1.35. The number of nitrogens with two attached hydrogens (primary N) is 1. The number of nitrogens with zero attached hydrogens (tertiary/aromatic N) is 3. The Labute approximate surface area is 162 Å². The van der Waals surface area contributed by atoms with Crippen LogP contribution < -0.4 is 21.5 Å². The molecule has 8 heteroatoms. The Balaban J connectivity index is 1.82. The number of aryl methyl sites for hydroxylation is 1. The highest BCUT2D eigenvalue weighted by Gasteiger charge is 2.17. The molecule has 0 radical (unpaired) electrons. The molecule has 0 saturated carbocycles. The van der Waals surface area contributed by atoms with Crippen molar-refractivity contribution in [1.82, 2.24) is 15.4 Å². The number of amides is 1. The molecule has 4 N–H and O–H groups in total.